The van der Waals surface area contributed by atoms with Crippen LogP contribution in [-0.2, 0) is 11.8 Å². The van der Waals surface area contributed by atoms with E-state index in [4.69, 9.17) is 5.73 Å². The van der Waals surface area contributed by atoms with Crippen molar-refractivity contribution in [2.75, 3.05) is 25.0 Å². The molecule has 21 heavy (non-hydrogen) atoms. The third-order valence-corrected chi connectivity index (χ3v) is 4.54. The maximum absolute atomic E-state index is 12.2. The SMILES string of the molecule is CCC1CN(CC(=O)Nc2c(C)nn(C)c2C)CCC1N. The Hall–Kier alpha value is -1.40. The van der Waals surface area contributed by atoms with Crippen LogP contribution in [0.1, 0.15) is 31.2 Å². The molecule has 6 nitrogen and oxygen atoms in total. The molecule has 3 N–H and O–H groups in total. The molecule has 0 aliphatic carbocycles. The zero-order chi connectivity index (χ0) is 15.6. The Labute approximate surface area is 126 Å². The minimum Gasteiger partial charge on any atom is -0.327 e. The number of carbonyl (C=O) groups excluding carboxylic acids is 1. The fourth-order valence-corrected chi connectivity index (χ4v) is 3.04. The Morgan fingerprint density at radius 1 is 1.48 bits per heavy atom. The quantitative estimate of drug-likeness (QED) is 0.869. The normalized spacial score (nSPS) is 23.3. The second-order valence-corrected chi connectivity index (χ2v) is 6.07. The molecule has 0 aromatic carbocycles. The van der Waals surface area contributed by atoms with Crippen LogP contribution in [0.25, 0.3) is 0 Å². The summed E-state index contributed by atoms with van der Waals surface area (Å²) in [4.78, 5) is 14.5. The predicted octanol–water partition coefficient (Wildman–Crippen LogP) is 1.03. The topological polar surface area (TPSA) is 76.2 Å². The zero-order valence-corrected chi connectivity index (χ0v) is 13.5. The van der Waals surface area contributed by atoms with E-state index in [1.807, 2.05) is 20.9 Å². The van der Waals surface area contributed by atoms with Crippen LogP contribution in [0, 0.1) is 19.8 Å². The van der Waals surface area contributed by atoms with Crippen molar-refractivity contribution in [2.24, 2.45) is 18.7 Å². The van der Waals surface area contributed by atoms with Crippen LogP contribution in [0.3, 0.4) is 0 Å². The van der Waals surface area contributed by atoms with Crippen molar-refractivity contribution in [3.05, 3.63) is 11.4 Å². The van der Waals surface area contributed by atoms with Gasteiger partial charge in [0.1, 0.15) is 0 Å². The second kappa shape index (κ2) is 6.58. The molecule has 2 unspecified atom stereocenters. The van der Waals surface area contributed by atoms with E-state index in [0.29, 0.717) is 12.5 Å². The van der Waals surface area contributed by atoms with Gasteiger partial charge in [0.15, 0.2) is 0 Å². The molecular weight excluding hydrogens is 266 g/mol. The Morgan fingerprint density at radius 2 is 2.19 bits per heavy atom. The summed E-state index contributed by atoms with van der Waals surface area (Å²) < 4.78 is 1.79. The summed E-state index contributed by atoms with van der Waals surface area (Å²) in [5.74, 6) is 0.521. The van der Waals surface area contributed by atoms with Gasteiger partial charge in [-0.05, 0) is 26.2 Å². The fourth-order valence-electron chi connectivity index (χ4n) is 3.04. The van der Waals surface area contributed by atoms with Crippen molar-refractivity contribution < 1.29 is 4.79 Å². The highest BCUT2D eigenvalue weighted by Crippen LogP contribution is 2.20. The number of likely N-dealkylation sites (tertiary alicyclic amines) is 1. The largest absolute Gasteiger partial charge is 0.327 e. The van der Waals surface area contributed by atoms with Crippen LogP contribution < -0.4 is 11.1 Å². The van der Waals surface area contributed by atoms with Crippen LogP contribution in [-0.4, -0.2) is 46.3 Å². The van der Waals surface area contributed by atoms with Gasteiger partial charge in [-0.15, -0.1) is 0 Å². The van der Waals surface area contributed by atoms with Crippen LogP contribution >= 0.6 is 0 Å². The number of anilines is 1. The van der Waals surface area contributed by atoms with Gasteiger partial charge in [0, 0.05) is 26.2 Å². The van der Waals surface area contributed by atoms with E-state index in [9.17, 15) is 4.79 Å². The molecule has 1 aliphatic rings. The number of nitrogens with zero attached hydrogens (tertiary/aromatic N) is 3. The lowest BCUT2D eigenvalue weighted by atomic mass is 9.91. The molecule has 0 saturated carbocycles. The molecule has 1 aromatic rings. The summed E-state index contributed by atoms with van der Waals surface area (Å²) in [5, 5.41) is 7.31. The number of amides is 1. The minimum atomic E-state index is 0.0273. The summed E-state index contributed by atoms with van der Waals surface area (Å²) in [6, 6.07) is 0.275. The Balaban J connectivity index is 1.93. The Kier molecular flexibility index (Phi) is 5.00. The number of aryl methyl sites for hydroxylation is 2. The van der Waals surface area contributed by atoms with Crippen molar-refractivity contribution in [1.29, 1.82) is 0 Å². The number of nitrogens with one attached hydrogen (secondary N) is 1. The molecule has 1 fully saturated rings. The minimum absolute atomic E-state index is 0.0273. The van der Waals surface area contributed by atoms with Crippen molar-refractivity contribution in [1.82, 2.24) is 14.7 Å². The summed E-state index contributed by atoms with van der Waals surface area (Å²) in [7, 11) is 1.88. The van der Waals surface area contributed by atoms with Gasteiger partial charge in [0.2, 0.25) is 5.91 Å². The number of aromatic nitrogens is 2. The third kappa shape index (κ3) is 3.63. The number of nitrogens with two attached hydrogens (primary N) is 1. The number of hydrogen-bond acceptors (Lipinski definition) is 4. The smallest absolute Gasteiger partial charge is 0.238 e. The molecule has 6 heteroatoms. The summed E-state index contributed by atoms with van der Waals surface area (Å²) in [6.45, 7) is 8.28. The summed E-state index contributed by atoms with van der Waals surface area (Å²) in [5.41, 5.74) is 8.78. The molecule has 2 heterocycles. The van der Waals surface area contributed by atoms with Gasteiger partial charge < -0.3 is 11.1 Å². The predicted molar refractivity (Wildman–Crippen MR) is 84.1 cm³/mol. The molecule has 1 saturated heterocycles. The van der Waals surface area contributed by atoms with E-state index in [1.165, 1.54) is 0 Å². The highest BCUT2D eigenvalue weighted by Gasteiger charge is 2.26. The number of rotatable bonds is 4. The molecule has 1 aromatic heterocycles. The van der Waals surface area contributed by atoms with Crippen LogP contribution in [0.5, 0.6) is 0 Å². The molecule has 118 valence electrons. The van der Waals surface area contributed by atoms with Gasteiger partial charge in [0.25, 0.3) is 0 Å². The number of piperidine rings is 1. The second-order valence-electron chi connectivity index (χ2n) is 6.07. The summed E-state index contributed by atoms with van der Waals surface area (Å²) >= 11 is 0. The molecule has 0 radical (unpaired) electrons. The molecule has 2 atom stereocenters. The van der Waals surface area contributed by atoms with Crippen molar-refractivity contribution >= 4 is 11.6 Å². The highest BCUT2D eigenvalue weighted by atomic mass is 16.2. The van der Waals surface area contributed by atoms with Crippen molar-refractivity contribution in [3.8, 4) is 0 Å². The third-order valence-electron chi connectivity index (χ3n) is 4.54. The lowest BCUT2D eigenvalue weighted by molar-refractivity contribution is -0.117. The van der Waals surface area contributed by atoms with E-state index < -0.39 is 0 Å². The van der Waals surface area contributed by atoms with Crippen LogP contribution in [0.2, 0.25) is 0 Å². The van der Waals surface area contributed by atoms with E-state index in [1.54, 1.807) is 4.68 Å². The first-order valence-electron chi connectivity index (χ1n) is 7.70. The average molecular weight is 293 g/mol. The molecule has 0 spiro atoms. The van der Waals surface area contributed by atoms with Crippen LogP contribution in [0.15, 0.2) is 0 Å². The molecular formula is C15H27N5O. The first-order chi connectivity index (χ1) is 9.92. The summed E-state index contributed by atoms with van der Waals surface area (Å²) in [6.07, 6.45) is 2.04. The van der Waals surface area contributed by atoms with Gasteiger partial charge in [-0.2, -0.15) is 5.10 Å². The van der Waals surface area contributed by atoms with Gasteiger partial charge >= 0.3 is 0 Å². The maximum atomic E-state index is 12.2. The van der Waals surface area contributed by atoms with E-state index >= 15 is 0 Å². The molecule has 0 bridgehead atoms. The van der Waals surface area contributed by atoms with Crippen molar-refractivity contribution in [2.45, 2.75) is 39.7 Å². The molecule has 1 amide bonds. The Morgan fingerprint density at radius 3 is 2.76 bits per heavy atom. The van der Waals surface area contributed by atoms with E-state index in [0.717, 1.165) is 43.0 Å². The zero-order valence-electron chi connectivity index (χ0n) is 13.5. The maximum Gasteiger partial charge on any atom is 0.238 e. The lowest BCUT2D eigenvalue weighted by Crippen LogP contribution is -2.48. The van der Waals surface area contributed by atoms with Crippen LogP contribution in [0.4, 0.5) is 5.69 Å². The Bertz CT molecular complexity index is 510. The molecule has 1 aliphatic heterocycles. The average Bonchev–Trinajstić information content (AvgIpc) is 2.67. The first kappa shape index (κ1) is 16.0. The molecule has 2 rings (SSSR count). The fraction of sp³-hybridized carbons (Fsp3) is 0.733. The standard InChI is InChI=1S/C15H27N5O/c1-5-12-8-20(7-6-13(12)16)9-14(21)17-15-10(2)18-19(4)11(15)3/h12-13H,5-9,16H2,1-4H3,(H,17,21). The van der Waals surface area contributed by atoms with E-state index in [2.05, 4.69) is 22.2 Å². The van der Waals surface area contributed by atoms with Crippen molar-refractivity contribution in [3.63, 3.8) is 0 Å². The van der Waals surface area contributed by atoms with Gasteiger partial charge in [0.05, 0.1) is 23.6 Å². The van der Waals surface area contributed by atoms with Gasteiger partial charge in [-0.3, -0.25) is 14.4 Å². The monoisotopic (exact) mass is 293 g/mol. The number of carbonyl (C=O) groups is 1. The lowest BCUT2D eigenvalue weighted by Gasteiger charge is -2.36. The van der Waals surface area contributed by atoms with Gasteiger partial charge in [-0.25, -0.2) is 0 Å². The van der Waals surface area contributed by atoms with Gasteiger partial charge in [-0.1, -0.05) is 13.3 Å². The highest BCUT2D eigenvalue weighted by molar-refractivity contribution is 5.93. The first-order valence-corrected chi connectivity index (χ1v) is 7.70. The number of hydrogen-bond donors (Lipinski definition) is 2. The van der Waals surface area contributed by atoms with E-state index in [-0.39, 0.29) is 11.9 Å².